The van der Waals surface area contributed by atoms with Crippen LogP contribution in [0.25, 0.3) is 0 Å². The lowest BCUT2D eigenvalue weighted by molar-refractivity contribution is 0.262. The third-order valence-corrected chi connectivity index (χ3v) is 5.37. The molecule has 1 aliphatic heterocycles. The zero-order valence-electron chi connectivity index (χ0n) is 11.3. The van der Waals surface area contributed by atoms with Crippen LogP contribution >= 0.6 is 0 Å². The van der Waals surface area contributed by atoms with Gasteiger partial charge in [0.15, 0.2) is 0 Å². The summed E-state index contributed by atoms with van der Waals surface area (Å²) < 4.78 is 52.9. The molecule has 0 saturated carbocycles. The molecule has 0 amide bonds. The highest BCUT2D eigenvalue weighted by atomic mass is 32.2. The topological polar surface area (TPSA) is 49.4 Å². The first-order valence-corrected chi connectivity index (χ1v) is 7.99. The molecule has 4 nitrogen and oxygen atoms in total. The molecule has 0 bridgehead atoms. The van der Waals surface area contributed by atoms with Gasteiger partial charge in [-0.25, -0.2) is 17.2 Å². The van der Waals surface area contributed by atoms with E-state index < -0.39 is 26.6 Å². The Balaban J connectivity index is 2.27. The van der Waals surface area contributed by atoms with E-state index in [9.17, 15) is 17.2 Å². The third kappa shape index (κ3) is 3.16. The van der Waals surface area contributed by atoms with E-state index in [0.717, 1.165) is 31.0 Å². The van der Waals surface area contributed by atoms with E-state index in [1.54, 1.807) is 7.05 Å². The van der Waals surface area contributed by atoms with Crippen LogP contribution in [-0.4, -0.2) is 39.4 Å². The molecule has 0 aromatic heterocycles. The van der Waals surface area contributed by atoms with Crippen molar-refractivity contribution in [3.05, 3.63) is 29.8 Å². The van der Waals surface area contributed by atoms with Crippen LogP contribution in [0.1, 0.15) is 12.8 Å². The Morgan fingerprint density at radius 2 is 2.15 bits per heavy atom. The van der Waals surface area contributed by atoms with Crippen molar-refractivity contribution in [2.24, 2.45) is 5.92 Å². The van der Waals surface area contributed by atoms with Gasteiger partial charge in [-0.3, -0.25) is 0 Å². The zero-order valence-corrected chi connectivity index (χ0v) is 12.1. The van der Waals surface area contributed by atoms with Crippen molar-refractivity contribution in [2.75, 3.05) is 26.7 Å². The monoisotopic (exact) mass is 304 g/mol. The molecule has 2 rings (SSSR count). The number of hydrogen-bond acceptors (Lipinski definition) is 3. The van der Waals surface area contributed by atoms with Crippen molar-refractivity contribution in [1.82, 2.24) is 9.62 Å². The van der Waals surface area contributed by atoms with Gasteiger partial charge in [0.2, 0.25) is 10.0 Å². The van der Waals surface area contributed by atoms with E-state index in [4.69, 9.17) is 0 Å². The SMILES string of the molecule is CNCC1CCCN(S(=O)(=O)c2cc(F)ccc2F)C1. The fourth-order valence-electron chi connectivity index (χ4n) is 2.51. The summed E-state index contributed by atoms with van der Waals surface area (Å²) in [5.41, 5.74) is 0. The summed E-state index contributed by atoms with van der Waals surface area (Å²) in [6.07, 6.45) is 1.65. The van der Waals surface area contributed by atoms with E-state index in [2.05, 4.69) is 5.32 Å². The molecule has 1 fully saturated rings. The third-order valence-electron chi connectivity index (χ3n) is 3.49. The predicted octanol–water partition coefficient (Wildman–Crippen LogP) is 1.58. The number of hydrogen-bond donors (Lipinski definition) is 1. The van der Waals surface area contributed by atoms with Gasteiger partial charge in [0.25, 0.3) is 0 Å². The van der Waals surface area contributed by atoms with Crippen molar-refractivity contribution < 1.29 is 17.2 Å². The van der Waals surface area contributed by atoms with Crippen LogP contribution in [0.15, 0.2) is 23.1 Å². The van der Waals surface area contributed by atoms with Gasteiger partial charge in [-0.2, -0.15) is 4.31 Å². The Bertz CT molecular complexity index is 576. The molecule has 0 radical (unpaired) electrons. The first-order chi connectivity index (χ1) is 9.45. The minimum absolute atomic E-state index is 0.195. The van der Waals surface area contributed by atoms with E-state index in [-0.39, 0.29) is 5.92 Å². The summed E-state index contributed by atoms with van der Waals surface area (Å²) in [5, 5.41) is 3.01. The van der Waals surface area contributed by atoms with Crippen LogP contribution in [0.5, 0.6) is 0 Å². The van der Waals surface area contributed by atoms with Crippen molar-refractivity contribution in [3.63, 3.8) is 0 Å². The number of nitrogens with one attached hydrogen (secondary N) is 1. The molecule has 1 N–H and O–H groups in total. The second kappa shape index (κ2) is 6.15. The minimum atomic E-state index is -3.98. The van der Waals surface area contributed by atoms with Gasteiger partial charge in [0.05, 0.1) is 0 Å². The molecule has 1 atom stereocenters. The summed E-state index contributed by atoms with van der Waals surface area (Å²) in [7, 11) is -2.17. The summed E-state index contributed by atoms with van der Waals surface area (Å²) in [6, 6.07) is 2.50. The molecule has 1 unspecified atom stereocenters. The highest BCUT2D eigenvalue weighted by molar-refractivity contribution is 7.89. The molecule has 7 heteroatoms. The molecule has 112 valence electrons. The highest BCUT2D eigenvalue weighted by Crippen LogP contribution is 2.25. The minimum Gasteiger partial charge on any atom is -0.319 e. The number of piperidine rings is 1. The van der Waals surface area contributed by atoms with Gasteiger partial charge < -0.3 is 5.32 Å². The lowest BCUT2D eigenvalue weighted by atomic mass is 10.00. The van der Waals surface area contributed by atoms with E-state index in [1.165, 1.54) is 4.31 Å². The number of nitrogens with zero attached hydrogens (tertiary/aromatic N) is 1. The van der Waals surface area contributed by atoms with Crippen LogP contribution < -0.4 is 5.32 Å². The second-order valence-corrected chi connectivity index (χ2v) is 6.91. The van der Waals surface area contributed by atoms with E-state index in [0.29, 0.717) is 19.6 Å². The first kappa shape index (κ1) is 15.3. The van der Waals surface area contributed by atoms with Gasteiger partial charge >= 0.3 is 0 Å². The summed E-state index contributed by atoms with van der Waals surface area (Å²) >= 11 is 0. The van der Waals surface area contributed by atoms with Crippen LogP contribution in [0.2, 0.25) is 0 Å². The maximum atomic E-state index is 13.7. The molecular weight excluding hydrogens is 286 g/mol. The lowest BCUT2D eigenvalue weighted by Crippen LogP contribution is -2.42. The molecule has 1 aromatic carbocycles. The Kier molecular flexibility index (Phi) is 4.72. The standard InChI is InChI=1S/C13H18F2N2O2S/c1-16-8-10-3-2-6-17(9-10)20(18,19)13-7-11(14)4-5-12(13)15/h4-5,7,10,16H,2-3,6,8-9H2,1H3. The average molecular weight is 304 g/mol. The summed E-state index contributed by atoms with van der Waals surface area (Å²) in [5.74, 6) is -1.48. The first-order valence-electron chi connectivity index (χ1n) is 6.55. The molecule has 0 aliphatic carbocycles. The maximum absolute atomic E-state index is 13.7. The second-order valence-electron chi connectivity index (χ2n) is 5.00. The molecule has 0 spiro atoms. The zero-order chi connectivity index (χ0) is 14.8. The Hall–Kier alpha value is -1.05. The smallest absolute Gasteiger partial charge is 0.246 e. The van der Waals surface area contributed by atoms with Crippen LogP contribution in [0.3, 0.4) is 0 Å². The fourth-order valence-corrected chi connectivity index (χ4v) is 4.15. The summed E-state index contributed by atoms with van der Waals surface area (Å²) in [6.45, 7) is 1.38. The van der Waals surface area contributed by atoms with Gasteiger partial charge in [0.1, 0.15) is 16.5 Å². The quantitative estimate of drug-likeness (QED) is 0.919. The largest absolute Gasteiger partial charge is 0.319 e. The van der Waals surface area contributed by atoms with E-state index >= 15 is 0 Å². The van der Waals surface area contributed by atoms with Crippen LogP contribution in [-0.2, 0) is 10.0 Å². The normalized spacial score (nSPS) is 21.1. The highest BCUT2D eigenvalue weighted by Gasteiger charge is 2.32. The Morgan fingerprint density at radius 1 is 1.40 bits per heavy atom. The van der Waals surface area contributed by atoms with Gasteiger partial charge in [-0.1, -0.05) is 0 Å². The van der Waals surface area contributed by atoms with Crippen LogP contribution in [0, 0.1) is 17.6 Å². The van der Waals surface area contributed by atoms with Gasteiger partial charge in [-0.15, -0.1) is 0 Å². The summed E-state index contributed by atoms with van der Waals surface area (Å²) in [4.78, 5) is -0.581. The van der Waals surface area contributed by atoms with Crippen molar-refractivity contribution in [1.29, 1.82) is 0 Å². The average Bonchev–Trinajstić information content (AvgIpc) is 2.42. The van der Waals surface area contributed by atoms with Crippen molar-refractivity contribution in [3.8, 4) is 0 Å². The molecule has 1 heterocycles. The molecule has 1 aromatic rings. The van der Waals surface area contributed by atoms with Crippen molar-refractivity contribution >= 4 is 10.0 Å². The number of benzene rings is 1. The molecule has 1 saturated heterocycles. The predicted molar refractivity (Wildman–Crippen MR) is 71.8 cm³/mol. The molecule has 1 aliphatic rings. The van der Waals surface area contributed by atoms with E-state index in [1.807, 2.05) is 0 Å². The van der Waals surface area contributed by atoms with Crippen molar-refractivity contribution in [2.45, 2.75) is 17.7 Å². The molecule has 20 heavy (non-hydrogen) atoms. The Labute approximate surface area is 117 Å². The lowest BCUT2D eigenvalue weighted by Gasteiger charge is -2.31. The Morgan fingerprint density at radius 3 is 2.85 bits per heavy atom. The van der Waals surface area contributed by atoms with Gasteiger partial charge in [-0.05, 0) is 50.6 Å². The maximum Gasteiger partial charge on any atom is 0.246 e. The number of rotatable bonds is 4. The number of sulfonamides is 1. The fraction of sp³-hybridized carbons (Fsp3) is 0.538. The van der Waals surface area contributed by atoms with Crippen LogP contribution in [0.4, 0.5) is 8.78 Å². The van der Waals surface area contributed by atoms with Gasteiger partial charge in [0, 0.05) is 13.1 Å². The number of halogens is 2. The molecular formula is C13H18F2N2O2S.